The van der Waals surface area contributed by atoms with Gasteiger partial charge in [0.05, 0.1) is 0 Å². The van der Waals surface area contributed by atoms with Crippen molar-refractivity contribution in [2.45, 2.75) is 93.8 Å². The van der Waals surface area contributed by atoms with E-state index < -0.39 is 125 Å². The maximum Gasteiger partial charge on any atom is 0.321 e. The van der Waals surface area contributed by atoms with Gasteiger partial charge in [0.2, 0.25) is 5.82 Å². The Morgan fingerprint density at radius 3 is 1.33 bits per heavy atom. The lowest BCUT2D eigenvalue weighted by Gasteiger charge is -2.22. The number of benzene rings is 8. The van der Waals surface area contributed by atoms with Gasteiger partial charge in [-0.05, 0) is 111 Å². The maximum atomic E-state index is 13.1. The first-order valence-corrected chi connectivity index (χ1v) is 31.8. The number of hydrogen-bond acceptors (Lipinski definition) is 16. The van der Waals surface area contributed by atoms with Crippen LogP contribution in [-0.4, -0.2) is 125 Å². The smallest absolute Gasteiger partial charge is 0.321 e. The first-order chi connectivity index (χ1) is 48.4. The lowest BCUT2D eigenvalue weighted by molar-refractivity contribution is -0.140. The second kappa shape index (κ2) is 42.8. The second-order valence-corrected chi connectivity index (χ2v) is 23.6. The second-order valence-electron chi connectivity index (χ2n) is 22.5. The molecule has 0 aliphatic carbocycles. The summed E-state index contributed by atoms with van der Waals surface area (Å²) in [5.41, 5.74) is 39.0. The first-order valence-electron chi connectivity index (χ1n) is 30.9. The van der Waals surface area contributed by atoms with Crippen LogP contribution in [0.5, 0.6) is 5.75 Å². The third-order valence-electron chi connectivity index (χ3n) is 14.7. The summed E-state index contributed by atoms with van der Waals surface area (Å²) < 4.78 is 64.1. The molecule has 1 aliphatic heterocycles. The first kappa shape index (κ1) is 83.3. The van der Waals surface area contributed by atoms with E-state index >= 15 is 0 Å². The fourth-order valence-corrected chi connectivity index (χ4v) is 9.76. The van der Waals surface area contributed by atoms with Gasteiger partial charge in [0, 0.05) is 29.8 Å². The van der Waals surface area contributed by atoms with Crippen LogP contribution in [0.2, 0.25) is 0 Å². The zero-order valence-corrected chi connectivity index (χ0v) is 55.3. The van der Waals surface area contributed by atoms with E-state index in [1.807, 2.05) is 175 Å². The number of aliphatic carboxylic acids is 7. The minimum absolute atomic E-state index is 0.160. The highest BCUT2D eigenvalue weighted by atomic mass is 32.1. The van der Waals surface area contributed by atoms with Crippen LogP contribution < -0.4 is 39.7 Å². The molecule has 9 aromatic rings. The van der Waals surface area contributed by atoms with Gasteiger partial charge in [-0.15, -0.1) is 11.3 Å². The Labute approximate surface area is 586 Å². The number of nitrogens with one attached hydrogen (secondary N) is 1. The zero-order valence-electron chi connectivity index (χ0n) is 54.5. The van der Waals surface area contributed by atoms with Crippen molar-refractivity contribution in [1.82, 2.24) is 5.32 Å². The monoisotopic (exact) mass is 1430 g/mol. The zero-order chi connectivity index (χ0) is 75.6. The normalized spacial score (nSPS) is 13.6. The van der Waals surface area contributed by atoms with Crippen LogP contribution in [-0.2, 0) is 78.6 Å². The molecule has 0 amide bonds. The Morgan fingerprint density at radius 1 is 0.431 bits per heavy atom. The fourth-order valence-electron chi connectivity index (χ4n) is 9.00. The molecule has 0 saturated carbocycles. The molecule has 0 bridgehead atoms. The van der Waals surface area contributed by atoms with Gasteiger partial charge >= 0.3 is 41.8 Å². The van der Waals surface area contributed by atoms with E-state index in [2.05, 4.69) is 5.32 Å². The largest absolute Gasteiger partial charge is 0.508 e. The summed E-state index contributed by atoms with van der Waals surface area (Å²) in [5, 5.41) is 76.3. The summed E-state index contributed by atoms with van der Waals surface area (Å²) in [6.07, 6.45) is 4.99. The molecule has 2 heterocycles. The molecule has 540 valence electrons. The van der Waals surface area contributed by atoms with Crippen molar-refractivity contribution in [2.24, 2.45) is 34.4 Å². The number of carbonyl (C=O) groups is 7. The quantitative estimate of drug-likeness (QED) is 0.0181. The van der Waals surface area contributed by atoms with Gasteiger partial charge in [-0.2, -0.15) is 0 Å². The Kier molecular flexibility index (Phi) is 35.0. The molecule has 8 aromatic carbocycles. The van der Waals surface area contributed by atoms with Crippen LogP contribution in [0.1, 0.15) is 50.2 Å². The number of nitrogens with two attached hydrogens (primary N) is 6. The third-order valence-corrected chi connectivity index (χ3v) is 15.6. The van der Waals surface area contributed by atoms with Gasteiger partial charge in [-0.25, -0.2) is 22.0 Å². The number of phenols is 1. The van der Waals surface area contributed by atoms with Gasteiger partial charge in [0.25, 0.3) is 0 Å². The van der Waals surface area contributed by atoms with Gasteiger partial charge in [0.15, 0.2) is 23.3 Å². The number of phenolic OH excluding ortho intramolecular Hbond substituents is 1. The van der Waals surface area contributed by atoms with Crippen molar-refractivity contribution in [3.63, 3.8) is 0 Å². The van der Waals surface area contributed by atoms with Crippen LogP contribution in [0.15, 0.2) is 200 Å². The number of hydrogen-bond donors (Lipinski definition) is 15. The molecule has 0 saturated heterocycles. The highest BCUT2D eigenvalue weighted by molar-refractivity contribution is 7.09. The molecule has 0 radical (unpaired) electrons. The van der Waals surface area contributed by atoms with Crippen molar-refractivity contribution in [1.29, 1.82) is 0 Å². The van der Waals surface area contributed by atoms with Crippen LogP contribution in [0.4, 0.5) is 22.0 Å². The van der Waals surface area contributed by atoms with Gasteiger partial charge in [0.1, 0.15) is 48.0 Å². The van der Waals surface area contributed by atoms with Gasteiger partial charge in [-0.3, -0.25) is 33.6 Å². The molecule has 102 heavy (non-hydrogen) atoms. The van der Waals surface area contributed by atoms with Crippen LogP contribution in [0, 0.1) is 29.1 Å². The van der Waals surface area contributed by atoms with E-state index in [0.29, 0.717) is 38.6 Å². The topological polar surface area (TPSA) is 449 Å². The SMILES string of the molecule is NC(C/C=C/c1ccccc1)C(=O)O.NC(Cc1c(F)c(F)c(F)c(F)c1F)C(=O)O.NC(Cc1ccc(-c2ccccc2)cc1)C(=O)O.NC(Cc1ccc(O)cc1)C(=O)O.NC(Cc1ccc2ccccc2c1)C(=O)O.NC(Cc1cccs1)C(=O)O.O=C(O)C1Cc2ccccc2CN1. The van der Waals surface area contributed by atoms with E-state index in [4.69, 9.17) is 75.3 Å². The van der Waals surface area contributed by atoms with Gasteiger partial charge < -0.3 is 80.6 Å². The molecule has 28 heteroatoms. The van der Waals surface area contributed by atoms with Crippen molar-refractivity contribution in [3.8, 4) is 16.9 Å². The molecule has 0 fully saturated rings. The van der Waals surface area contributed by atoms with Gasteiger partial charge in [-0.1, -0.05) is 182 Å². The van der Waals surface area contributed by atoms with E-state index in [9.17, 15) is 55.5 Å². The Bertz CT molecular complexity index is 4180. The van der Waals surface area contributed by atoms with Crippen LogP contribution >= 0.6 is 11.3 Å². The minimum atomic E-state index is -2.30. The number of rotatable bonds is 21. The predicted octanol–water partition coefficient (Wildman–Crippen LogP) is 8.78. The summed E-state index contributed by atoms with van der Waals surface area (Å²) in [6.45, 7) is 0.660. The summed E-state index contributed by atoms with van der Waals surface area (Å²) in [5.74, 6) is -17.8. The Morgan fingerprint density at radius 2 is 0.843 bits per heavy atom. The number of carboxylic acids is 7. The maximum absolute atomic E-state index is 13.1. The highest BCUT2D eigenvalue weighted by Crippen LogP contribution is 2.25. The summed E-state index contributed by atoms with van der Waals surface area (Å²) >= 11 is 1.53. The average molecular weight is 1430 g/mol. The minimum Gasteiger partial charge on any atom is -0.508 e. The van der Waals surface area contributed by atoms with Crippen LogP contribution in [0.3, 0.4) is 0 Å². The fraction of sp³-hybridized carbons (Fsp3) is 0.203. The number of halogens is 5. The molecular weight excluding hydrogens is 1350 g/mol. The van der Waals surface area contributed by atoms with E-state index in [1.165, 1.54) is 29.0 Å². The van der Waals surface area contributed by atoms with E-state index in [-0.39, 0.29) is 12.2 Å². The molecule has 1 aliphatic rings. The standard InChI is InChI=1S/C15H15NO2.C13H13NO2.C11H13NO2.C10H11NO2.C9H6F5NO2.C9H11NO3.C7H9NO2S/c16-14(15(17)18)10-11-6-8-13(9-7-11)12-4-2-1-3-5-12;14-12(13(15)16)8-9-5-6-10-3-1-2-4-11(10)7-9;12-10(11(13)14)8-4-7-9-5-2-1-3-6-9;12-10(13)9-5-7-3-1-2-4-8(7)6-11-9;10-4-2(1-3(15)9(16)17)5(11)7(13)8(14)6(4)12;10-8(9(12)13)5-6-1-3-7(11)4-2-6;8-6(7(9)10)4-5-2-1-3-11-5/h1-9,14H,10,16H2,(H,17,18);1-7,12H,8,14H2,(H,15,16);1-7,10H,8,12H2,(H,13,14);1-4,9,11H,5-6H2,(H,12,13);3H,1,15H2,(H,16,17);1-4,8,11H,5,10H2,(H,12,13);1-3,6H,4,8H2,(H,9,10)/b;;7-4+;;;;. The number of thiophene rings is 1. The summed E-state index contributed by atoms with van der Waals surface area (Å²) in [7, 11) is 0. The number of fused-ring (bicyclic) bond motifs is 2. The lowest BCUT2D eigenvalue weighted by Crippen LogP contribution is -2.41. The Hall–Kier alpha value is -11.1. The Balaban J connectivity index is 0.000000254. The van der Waals surface area contributed by atoms with Crippen molar-refractivity contribution in [2.75, 3.05) is 0 Å². The van der Waals surface area contributed by atoms with Crippen molar-refractivity contribution in [3.05, 3.63) is 272 Å². The molecule has 7 unspecified atom stereocenters. The lowest BCUT2D eigenvalue weighted by atomic mass is 9.96. The molecule has 0 spiro atoms. The van der Waals surface area contributed by atoms with E-state index in [1.54, 1.807) is 18.2 Å². The molecule has 7 atom stereocenters. The molecule has 22 nitrogen and oxygen atoms in total. The summed E-state index contributed by atoms with van der Waals surface area (Å²) in [6, 6.07) is 53.1. The molecule has 10 rings (SSSR count). The van der Waals surface area contributed by atoms with Crippen molar-refractivity contribution >= 4 is 70.0 Å². The molecular formula is C74H78F5N7O15S. The number of carboxylic acid groups (broad SMARTS) is 7. The third kappa shape index (κ3) is 29.0. The van der Waals surface area contributed by atoms with E-state index in [0.717, 1.165) is 54.6 Å². The average Bonchev–Trinajstić information content (AvgIpc) is 0.845. The molecule has 1 aromatic heterocycles. The predicted molar refractivity (Wildman–Crippen MR) is 375 cm³/mol. The van der Waals surface area contributed by atoms with Crippen LogP contribution in [0.25, 0.3) is 28.0 Å². The highest BCUT2D eigenvalue weighted by Gasteiger charge is 2.28. The summed E-state index contributed by atoms with van der Waals surface area (Å²) in [4.78, 5) is 74.4. The molecule has 21 N–H and O–H groups in total. The van der Waals surface area contributed by atoms with Crippen molar-refractivity contribution < 1.29 is 96.4 Å². The number of aromatic hydroxyl groups is 1.